The molecule has 0 aliphatic carbocycles. The van der Waals surface area contributed by atoms with Crippen LogP contribution in [0, 0.1) is 0 Å². The highest BCUT2D eigenvalue weighted by Gasteiger charge is 2.23. The van der Waals surface area contributed by atoms with E-state index in [0.717, 1.165) is 43.0 Å². The van der Waals surface area contributed by atoms with Crippen molar-refractivity contribution in [1.82, 2.24) is 9.47 Å². The summed E-state index contributed by atoms with van der Waals surface area (Å²) in [6.07, 6.45) is -0.658. The van der Waals surface area contributed by atoms with Gasteiger partial charge < -0.3 is 14.7 Å². The van der Waals surface area contributed by atoms with Gasteiger partial charge in [0.05, 0.1) is 6.54 Å². The van der Waals surface area contributed by atoms with E-state index in [1.165, 1.54) is 0 Å². The van der Waals surface area contributed by atoms with Gasteiger partial charge in [-0.1, -0.05) is 44.2 Å². The zero-order chi connectivity index (χ0) is 19.9. The first-order chi connectivity index (χ1) is 13.6. The summed E-state index contributed by atoms with van der Waals surface area (Å²) in [5.74, 6) is 1.41. The fourth-order valence-electron chi connectivity index (χ4n) is 3.49. The molecule has 150 valence electrons. The summed E-state index contributed by atoms with van der Waals surface area (Å²) in [4.78, 5) is 2.38. The van der Waals surface area contributed by atoms with E-state index >= 15 is 0 Å². The number of ether oxygens (including phenoxy) is 1. The molecule has 0 fully saturated rings. The quantitative estimate of drug-likeness (QED) is 0.527. The molecular formula is C22H31N4O2+. The molecule has 2 aromatic carbocycles. The van der Waals surface area contributed by atoms with Gasteiger partial charge in [-0.2, -0.15) is 0 Å². The van der Waals surface area contributed by atoms with Crippen molar-refractivity contribution in [3.05, 3.63) is 54.6 Å². The molecule has 0 saturated heterocycles. The van der Waals surface area contributed by atoms with Crippen LogP contribution in [0.4, 0.5) is 5.95 Å². The number of likely N-dealkylation sites (N-methyl/N-ethyl adjacent to an activating group) is 1. The van der Waals surface area contributed by atoms with Crippen LogP contribution in [-0.4, -0.2) is 46.9 Å². The lowest BCUT2D eigenvalue weighted by molar-refractivity contribution is -0.665. The monoisotopic (exact) mass is 383 g/mol. The van der Waals surface area contributed by atoms with Crippen molar-refractivity contribution >= 4 is 17.0 Å². The third-order valence-electron chi connectivity index (χ3n) is 5.13. The van der Waals surface area contributed by atoms with Crippen molar-refractivity contribution in [2.75, 3.05) is 32.0 Å². The maximum atomic E-state index is 10.5. The molecule has 3 rings (SSSR count). The number of fused-ring (bicyclic) bond motifs is 1. The van der Waals surface area contributed by atoms with Gasteiger partial charge in [-0.3, -0.25) is 5.73 Å². The smallest absolute Gasteiger partial charge is 0.356 e. The van der Waals surface area contributed by atoms with E-state index in [9.17, 15) is 5.11 Å². The number of imidazole rings is 1. The summed E-state index contributed by atoms with van der Waals surface area (Å²) in [7, 11) is 0. The Kier molecular flexibility index (Phi) is 6.90. The molecule has 0 radical (unpaired) electrons. The van der Waals surface area contributed by atoms with Crippen LogP contribution in [0.15, 0.2) is 54.6 Å². The number of anilines is 1. The fraction of sp³-hybridized carbons (Fsp3) is 0.409. The molecule has 0 bridgehead atoms. The lowest BCUT2D eigenvalue weighted by Gasteiger charge is -2.17. The van der Waals surface area contributed by atoms with E-state index in [1.54, 1.807) is 0 Å². The largest absolute Gasteiger partial charge is 0.491 e. The van der Waals surface area contributed by atoms with Crippen molar-refractivity contribution in [3.63, 3.8) is 0 Å². The SMILES string of the molecule is CCN(CC)CCn1c(N)[n+](C[C@@H](O)COc2ccccc2)c2ccccc21. The Morgan fingerprint density at radius 1 is 1.07 bits per heavy atom. The number of nitrogens with two attached hydrogens (primary N) is 1. The van der Waals surface area contributed by atoms with E-state index in [4.69, 9.17) is 10.5 Å². The molecule has 0 saturated carbocycles. The average molecular weight is 384 g/mol. The molecule has 3 aromatic rings. The number of benzene rings is 2. The Bertz CT molecular complexity index is 875. The Morgan fingerprint density at radius 2 is 1.75 bits per heavy atom. The Labute approximate surface area is 166 Å². The number of nitrogens with zero attached hydrogens (tertiary/aromatic N) is 3. The second kappa shape index (κ2) is 9.57. The number of rotatable bonds is 10. The number of aliphatic hydroxyl groups is 1. The van der Waals surface area contributed by atoms with Crippen molar-refractivity contribution < 1.29 is 14.4 Å². The number of hydrogen-bond acceptors (Lipinski definition) is 4. The third kappa shape index (κ3) is 4.64. The van der Waals surface area contributed by atoms with E-state index in [-0.39, 0.29) is 6.61 Å². The van der Waals surface area contributed by atoms with Crippen molar-refractivity contribution in [1.29, 1.82) is 0 Å². The highest BCUT2D eigenvalue weighted by molar-refractivity contribution is 5.73. The molecule has 0 aliphatic heterocycles. The minimum Gasteiger partial charge on any atom is -0.491 e. The van der Waals surface area contributed by atoms with Crippen molar-refractivity contribution in [3.8, 4) is 5.75 Å². The summed E-state index contributed by atoms with van der Waals surface area (Å²) in [5.41, 5.74) is 8.61. The second-order valence-corrected chi connectivity index (χ2v) is 6.91. The maximum Gasteiger partial charge on any atom is 0.356 e. The first-order valence-electron chi connectivity index (χ1n) is 9.98. The summed E-state index contributed by atoms with van der Waals surface area (Å²) >= 11 is 0. The van der Waals surface area contributed by atoms with Crippen LogP contribution >= 0.6 is 0 Å². The first kappa shape index (κ1) is 20.2. The van der Waals surface area contributed by atoms with E-state index in [2.05, 4.69) is 29.4 Å². The van der Waals surface area contributed by atoms with Crippen LogP contribution in [0.25, 0.3) is 11.0 Å². The van der Waals surface area contributed by atoms with Crippen molar-refractivity contribution in [2.45, 2.75) is 33.0 Å². The predicted molar refractivity (Wildman–Crippen MR) is 112 cm³/mol. The number of aromatic nitrogens is 2. The number of para-hydroxylation sites is 3. The predicted octanol–water partition coefficient (Wildman–Crippen LogP) is 2.29. The van der Waals surface area contributed by atoms with Gasteiger partial charge in [-0.15, -0.1) is 0 Å². The molecule has 6 heteroatoms. The molecule has 28 heavy (non-hydrogen) atoms. The summed E-state index contributed by atoms with van der Waals surface area (Å²) in [6.45, 7) is 8.74. The van der Waals surface area contributed by atoms with Gasteiger partial charge in [0.15, 0.2) is 0 Å². The standard InChI is InChI=1S/C22H30N4O2/c1-3-24(4-2)14-15-25-20-12-8-9-13-21(20)26(22(25)23)16-18(27)17-28-19-10-6-5-7-11-19/h5-13,18,23,27H,3-4,14-17H2,1-2H3/p+1/t18-/m1/s1. The number of nitrogen functional groups attached to an aromatic ring is 1. The number of aliphatic hydroxyl groups excluding tert-OH is 1. The molecule has 1 atom stereocenters. The van der Waals surface area contributed by atoms with Crippen LogP contribution < -0.4 is 15.0 Å². The topological polar surface area (TPSA) is 67.5 Å². The molecule has 1 aromatic heterocycles. The average Bonchev–Trinajstić information content (AvgIpc) is 2.99. The van der Waals surface area contributed by atoms with Gasteiger partial charge in [0.2, 0.25) is 0 Å². The van der Waals surface area contributed by atoms with E-state index in [0.29, 0.717) is 12.5 Å². The number of hydrogen-bond donors (Lipinski definition) is 2. The van der Waals surface area contributed by atoms with Gasteiger partial charge in [-0.25, -0.2) is 9.13 Å². The van der Waals surface area contributed by atoms with Gasteiger partial charge in [0.25, 0.3) is 0 Å². The summed E-state index contributed by atoms with van der Waals surface area (Å²) in [6, 6.07) is 17.7. The lowest BCUT2D eigenvalue weighted by atomic mass is 10.3. The van der Waals surface area contributed by atoms with E-state index < -0.39 is 6.10 Å². The van der Waals surface area contributed by atoms with Crippen molar-refractivity contribution in [2.24, 2.45) is 0 Å². The highest BCUT2D eigenvalue weighted by Crippen LogP contribution is 2.17. The van der Waals surface area contributed by atoms with Crippen LogP contribution in [0.5, 0.6) is 5.75 Å². The molecule has 0 aliphatic rings. The third-order valence-corrected chi connectivity index (χ3v) is 5.13. The Hall–Kier alpha value is -2.57. The minimum absolute atomic E-state index is 0.218. The molecular weight excluding hydrogens is 352 g/mol. The van der Waals surface area contributed by atoms with Gasteiger partial charge in [-0.05, 0) is 37.4 Å². The Morgan fingerprint density at radius 3 is 2.46 bits per heavy atom. The Balaban J connectivity index is 1.76. The minimum atomic E-state index is -0.658. The zero-order valence-corrected chi connectivity index (χ0v) is 16.8. The summed E-state index contributed by atoms with van der Waals surface area (Å²) < 4.78 is 9.81. The maximum absolute atomic E-state index is 10.5. The molecule has 0 unspecified atom stereocenters. The molecule has 0 spiro atoms. The highest BCUT2D eigenvalue weighted by atomic mass is 16.5. The molecule has 6 nitrogen and oxygen atoms in total. The first-order valence-corrected chi connectivity index (χ1v) is 9.98. The van der Waals surface area contributed by atoms with Crippen LogP contribution in [0.2, 0.25) is 0 Å². The van der Waals surface area contributed by atoms with Crippen LogP contribution in [0.3, 0.4) is 0 Å². The van der Waals surface area contributed by atoms with Crippen LogP contribution in [0.1, 0.15) is 13.8 Å². The summed E-state index contributed by atoms with van der Waals surface area (Å²) in [5, 5.41) is 10.5. The molecule has 0 amide bonds. The second-order valence-electron chi connectivity index (χ2n) is 6.91. The molecule has 3 N–H and O–H groups in total. The van der Waals surface area contributed by atoms with Crippen LogP contribution in [-0.2, 0) is 13.1 Å². The molecule has 1 heterocycles. The zero-order valence-electron chi connectivity index (χ0n) is 16.8. The van der Waals surface area contributed by atoms with Gasteiger partial charge >= 0.3 is 5.95 Å². The van der Waals surface area contributed by atoms with E-state index in [1.807, 2.05) is 53.1 Å². The normalized spacial score (nSPS) is 12.6. The lowest BCUT2D eigenvalue weighted by Crippen LogP contribution is -2.44. The van der Waals surface area contributed by atoms with Gasteiger partial charge in [0.1, 0.15) is 36.0 Å². The fourth-order valence-corrected chi connectivity index (χ4v) is 3.49. The van der Waals surface area contributed by atoms with Gasteiger partial charge in [0, 0.05) is 6.54 Å².